The van der Waals surface area contributed by atoms with Gasteiger partial charge in [-0.3, -0.25) is 5.84 Å². The summed E-state index contributed by atoms with van der Waals surface area (Å²) in [6.45, 7) is 7.86. The first kappa shape index (κ1) is 14.7. The highest BCUT2D eigenvalue weighted by atomic mass is 19.1. The van der Waals surface area contributed by atoms with Crippen LogP contribution in [0.25, 0.3) is 0 Å². The molecule has 0 aliphatic carbocycles. The molecule has 1 atom stereocenters. The lowest BCUT2D eigenvalue weighted by molar-refractivity contribution is 0.553. The second kappa shape index (κ2) is 5.73. The Bertz CT molecular complexity index is 592. The minimum atomic E-state index is -0.336. The Morgan fingerprint density at radius 1 is 0.950 bits per heavy atom. The van der Waals surface area contributed by atoms with Gasteiger partial charge in [0.15, 0.2) is 0 Å². The number of hydrogen-bond donors (Lipinski definition) is 2. The van der Waals surface area contributed by atoms with E-state index < -0.39 is 0 Å². The lowest BCUT2D eigenvalue weighted by Crippen LogP contribution is -2.31. The fraction of sp³-hybridized carbons (Fsp3) is 0.294. The van der Waals surface area contributed by atoms with E-state index in [1.165, 1.54) is 0 Å². The number of nitrogens with one attached hydrogen (secondary N) is 1. The van der Waals surface area contributed by atoms with Crippen LogP contribution in [-0.4, -0.2) is 0 Å². The van der Waals surface area contributed by atoms with Crippen LogP contribution in [0.5, 0.6) is 0 Å². The zero-order valence-corrected chi connectivity index (χ0v) is 12.4. The van der Waals surface area contributed by atoms with Crippen LogP contribution in [0.1, 0.15) is 39.4 Å². The number of hydrazine groups is 1. The van der Waals surface area contributed by atoms with Crippen LogP contribution >= 0.6 is 0 Å². The molecule has 0 amide bonds. The third-order valence-electron chi connectivity index (χ3n) is 3.77. The average molecular weight is 272 g/mol. The maximum Gasteiger partial charge on any atom is 0.128 e. The summed E-state index contributed by atoms with van der Waals surface area (Å²) in [5, 5.41) is 0. The van der Waals surface area contributed by atoms with E-state index in [9.17, 15) is 4.39 Å². The van der Waals surface area contributed by atoms with Gasteiger partial charge in [-0.05, 0) is 61.6 Å². The van der Waals surface area contributed by atoms with E-state index in [1.54, 1.807) is 6.07 Å². The first-order valence-electron chi connectivity index (χ1n) is 6.74. The molecule has 2 aromatic carbocycles. The van der Waals surface area contributed by atoms with Gasteiger partial charge in [0, 0.05) is 5.56 Å². The van der Waals surface area contributed by atoms with Crippen LogP contribution in [0.4, 0.5) is 4.39 Å². The smallest absolute Gasteiger partial charge is 0.128 e. The molecular weight excluding hydrogens is 251 g/mol. The van der Waals surface area contributed by atoms with Crippen LogP contribution in [0, 0.1) is 33.5 Å². The minimum Gasteiger partial charge on any atom is -0.271 e. The fourth-order valence-electron chi connectivity index (χ4n) is 2.89. The molecule has 0 fully saturated rings. The molecule has 20 heavy (non-hydrogen) atoms. The maximum atomic E-state index is 14.4. The third kappa shape index (κ3) is 2.60. The molecule has 0 bridgehead atoms. The van der Waals surface area contributed by atoms with Crippen molar-refractivity contribution in [1.29, 1.82) is 0 Å². The normalized spacial score (nSPS) is 12.5. The minimum absolute atomic E-state index is 0.215. The molecule has 3 N–H and O–H groups in total. The number of rotatable bonds is 3. The van der Waals surface area contributed by atoms with Crippen molar-refractivity contribution < 1.29 is 4.39 Å². The molecule has 106 valence electrons. The van der Waals surface area contributed by atoms with Crippen molar-refractivity contribution in [2.45, 2.75) is 33.7 Å². The Morgan fingerprint density at radius 2 is 1.55 bits per heavy atom. The van der Waals surface area contributed by atoms with Gasteiger partial charge >= 0.3 is 0 Å². The Morgan fingerprint density at radius 3 is 2.05 bits per heavy atom. The summed E-state index contributed by atoms with van der Waals surface area (Å²) in [7, 11) is 0. The molecule has 0 saturated carbocycles. The number of aryl methyl sites for hydroxylation is 4. The molecule has 1 unspecified atom stereocenters. The molecule has 2 aromatic rings. The molecule has 2 nitrogen and oxygen atoms in total. The molecule has 0 spiro atoms. The highest BCUT2D eigenvalue weighted by Crippen LogP contribution is 2.31. The molecule has 0 aromatic heterocycles. The Kier molecular flexibility index (Phi) is 4.21. The Hall–Kier alpha value is -1.71. The van der Waals surface area contributed by atoms with E-state index in [0.29, 0.717) is 5.56 Å². The van der Waals surface area contributed by atoms with Crippen molar-refractivity contribution in [2.75, 3.05) is 0 Å². The van der Waals surface area contributed by atoms with Gasteiger partial charge in [0.2, 0.25) is 0 Å². The monoisotopic (exact) mass is 272 g/mol. The summed E-state index contributed by atoms with van der Waals surface area (Å²) in [4.78, 5) is 0. The highest BCUT2D eigenvalue weighted by Gasteiger charge is 2.22. The largest absolute Gasteiger partial charge is 0.271 e. The van der Waals surface area contributed by atoms with Crippen molar-refractivity contribution in [3.05, 3.63) is 69.5 Å². The molecule has 0 radical (unpaired) electrons. The molecule has 0 heterocycles. The third-order valence-corrected chi connectivity index (χ3v) is 3.77. The number of benzene rings is 2. The van der Waals surface area contributed by atoms with E-state index in [0.717, 1.165) is 27.8 Å². The predicted molar refractivity (Wildman–Crippen MR) is 81.0 cm³/mol. The Labute approximate surface area is 119 Å². The van der Waals surface area contributed by atoms with Gasteiger partial charge in [-0.2, -0.15) is 0 Å². The lowest BCUT2D eigenvalue weighted by Gasteiger charge is -2.23. The molecule has 0 aliphatic heterocycles. The average Bonchev–Trinajstić information content (AvgIpc) is 2.35. The summed E-state index contributed by atoms with van der Waals surface area (Å²) in [5.41, 5.74) is 8.48. The van der Waals surface area contributed by atoms with E-state index in [4.69, 9.17) is 5.84 Å². The van der Waals surface area contributed by atoms with Crippen LogP contribution in [0.15, 0.2) is 30.3 Å². The van der Waals surface area contributed by atoms with Crippen LogP contribution < -0.4 is 11.3 Å². The van der Waals surface area contributed by atoms with Gasteiger partial charge in [-0.15, -0.1) is 0 Å². The van der Waals surface area contributed by atoms with E-state index in [1.807, 2.05) is 52.0 Å². The van der Waals surface area contributed by atoms with Crippen molar-refractivity contribution in [1.82, 2.24) is 5.43 Å². The molecule has 2 rings (SSSR count). The second-order valence-corrected chi connectivity index (χ2v) is 5.38. The summed E-state index contributed by atoms with van der Waals surface area (Å²) in [5.74, 6) is 5.52. The number of halogens is 1. The highest BCUT2D eigenvalue weighted by molar-refractivity contribution is 5.45. The first-order valence-corrected chi connectivity index (χ1v) is 6.74. The van der Waals surface area contributed by atoms with Gasteiger partial charge < -0.3 is 0 Å². The zero-order valence-electron chi connectivity index (χ0n) is 12.4. The molecule has 0 aliphatic rings. The van der Waals surface area contributed by atoms with Gasteiger partial charge in [-0.1, -0.05) is 24.3 Å². The van der Waals surface area contributed by atoms with E-state index in [-0.39, 0.29) is 11.9 Å². The fourth-order valence-corrected chi connectivity index (χ4v) is 2.89. The van der Waals surface area contributed by atoms with E-state index >= 15 is 0 Å². The van der Waals surface area contributed by atoms with Crippen molar-refractivity contribution in [3.8, 4) is 0 Å². The van der Waals surface area contributed by atoms with Crippen molar-refractivity contribution in [2.24, 2.45) is 5.84 Å². The molecule has 0 saturated heterocycles. The van der Waals surface area contributed by atoms with Gasteiger partial charge in [0.1, 0.15) is 5.82 Å². The predicted octanol–water partition coefficient (Wildman–Crippen LogP) is 3.61. The SMILES string of the molecule is Cc1cc(C)c(C(NN)c2c(C)cccc2C)c(F)c1. The number of nitrogens with two attached hydrogens (primary N) is 1. The lowest BCUT2D eigenvalue weighted by atomic mass is 9.88. The van der Waals surface area contributed by atoms with Crippen LogP contribution in [0.2, 0.25) is 0 Å². The van der Waals surface area contributed by atoms with Crippen LogP contribution in [0.3, 0.4) is 0 Å². The quantitative estimate of drug-likeness (QED) is 0.661. The maximum absolute atomic E-state index is 14.4. The van der Waals surface area contributed by atoms with Crippen molar-refractivity contribution >= 4 is 0 Å². The van der Waals surface area contributed by atoms with Gasteiger partial charge in [-0.25, -0.2) is 9.82 Å². The first-order chi connectivity index (χ1) is 9.45. The van der Waals surface area contributed by atoms with E-state index in [2.05, 4.69) is 5.43 Å². The zero-order chi connectivity index (χ0) is 14.9. The van der Waals surface area contributed by atoms with Gasteiger partial charge in [0.25, 0.3) is 0 Å². The standard InChI is InChI=1S/C17H21FN2/c1-10-8-13(4)16(14(18)9-10)17(20-19)15-11(2)6-5-7-12(15)3/h5-9,17,20H,19H2,1-4H3. The van der Waals surface area contributed by atoms with Crippen LogP contribution in [-0.2, 0) is 0 Å². The van der Waals surface area contributed by atoms with Gasteiger partial charge in [0.05, 0.1) is 6.04 Å². The summed E-state index contributed by atoms with van der Waals surface area (Å²) < 4.78 is 14.4. The Balaban J connectivity index is 2.65. The van der Waals surface area contributed by atoms with Crippen molar-refractivity contribution in [3.63, 3.8) is 0 Å². The number of hydrogen-bond acceptors (Lipinski definition) is 2. The molecular formula is C17H21FN2. The summed E-state index contributed by atoms with van der Waals surface area (Å²) in [6.07, 6.45) is 0. The summed E-state index contributed by atoms with van der Waals surface area (Å²) in [6, 6.07) is 9.25. The molecule has 3 heteroatoms. The second-order valence-electron chi connectivity index (χ2n) is 5.38. The summed E-state index contributed by atoms with van der Waals surface area (Å²) >= 11 is 0. The topological polar surface area (TPSA) is 38.0 Å².